The molecule has 0 radical (unpaired) electrons. The van der Waals surface area contributed by atoms with E-state index >= 15 is 0 Å². The molecule has 9 aromatic rings. The Balaban J connectivity index is 1.25. The molecule has 0 saturated heterocycles. The van der Waals surface area contributed by atoms with Crippen LogP contribution in [0, 0.1) is 0 Å². The molecule has 4 heteroatoms. The molecule has 0 aliphatic rings. The minimum atomic E-state index is 0.557. The van der Waals surface area contributed by atoms with Crippen LogP contribution in [-0.2, 0) is 0 Å². The van der Waals surface area contributed by atoms with Gasteiger partial charge >= 0.3 is 0 Å². The van der Waals surface area contributed by atoms with E-state index in [1.54, 1.807) is 0 Å². The third-order valence-corrected chi connectivity index (χ3v) is 8.96. The molecule has 7 aromatic carbocycles. The molecule has 49 heavy (non-hydrogen) atoms. The Hall–Kier alpha value is -6.65. The second-order valence-electron chi connectivity index (χ2n) is 12.1. The monoisotopic (exact) mass is 627 g/mol. The van der Waals surface area contributed by atoms with Crippen molar-refractivity contribution in [2.45, 2.75) is 0 Å². The number of hydrogen-bond acceptors (Lipinski definition) is 4. The average Bonchev–Trinajstić information content (AvgIpc) is 3.57. The van der Waals surface area contributed by atoms with E-state index in [-0.39, 0.29) is 0 Å². The number of fused-ring (bicyclic) bond motifs is 3. The van der Waals surface area contributed by atoms with Gasteiger partial charge in [-0.05, 0) is 51.6 Å². The van der Waals surface area contributed by atoms with Gasteiger partial charge in [0.1, 0.15) is 11.2 Å². The molecule has 0 unspecified atom stereocenters. The Morgan fingerprint density at radius 3 is 1.24 bits per heavy atom. The average molecular weight is 628 g/mol. The van der Waals surface area contributed by atoms with Gasteiger partial charge in [-0.3, -0.25) is 0 Å². The molecule has 0 aliphatic heterocycles. The van der Waals surface area contributed by atoms with Crippen LogP contribution in [0.2, 0.25) is 0 Å². The van der Waals surface area contributed by atoms with Crippen LogP contribution in [-0.4, -0.2) is 15.0 Å². The van der Waals surface area contributed by atoms with Gasteiger partial charge in [-0.25, -0.2) is 15.0 Å². The number of furan rings is 1. The summed E-state index contributed by atoms with van der Waals surface area (Å²) in [5, 5.41) is 2.08. The Kier molecular flexibility index (Phi) is 7.10. The van der Waals surface area contributed by atoms with Crippen LogP contribution in [0.5, 0.6) is 0 Å². The predicted molar refractivity (Wildman–Crippen MR) is 200 cm³/mol. The lowest BCUT2D eigenvalue weighted by Gasteiger charge is -2.11. The summed E-state index contributed by atoms with van der Waals surface area (Å²) >= 11 is 0. The van der Waals surface area contributed by atoms with Crippen molar-refractivity contribution in [2.24, 2.45) is 0 Å². The molecule has 230 valence electrons. The van der Waals surface area contributed by atoms with Crippen LogP contribution in [0.25, 0.3) is 89.5 Å². The smallest absolute Gasteiger partial charge is 0.167 e. The first-order chi connectivity index (χ1) is 24.3. The lowest BCUT2D eigenvalue weighted by atomic mass is 9.99. The molecule has 4 nitrogen and oxygen atoms in total. The van der Waals surface area contributed by atoms with Gasteiger partial charge < -0.3 is 4.42 Å². The van der Waals surface area contributed by atoms with Crippen LogP contribution in [0.1, 0.15) is 0 Å². The largest absolute Gasteiger partial charge is 0.455 e. The Bertz CT molecular complexity index is 2460. The van der Waals surface area contributed by atoms with E-state index in [1.807, 2.05) is 36.4 Å². The Morgan fingerprint density at radius 1 is 0.306 bits per heavy atom. The van der Waals surface area contributed by atoms with Gasteiger partial charge in [-0.15, -0.1) is 0 Å². The van der Waals surface area contributed by atoms with Crippen LogP contribution in [0.15, 0.2) is 180 Å². The first-order valence-electron chi connectivity index (χ1n) is 16.4. The highest BCUT2D eigenvalue weighted by atomic mass is 16.3. The van der Waals surface area contributed by atoms with Crippen LogP contribution < -0.4 is 0 Å². The maximum Gasteiger partial charge on any atom is 0.167 e. The molecular weight excluding hydrogens is 599 g/mol. The van der Waals surface area contributed by atoms with Gasteiger partial charge in [-0.2, -0.15) is 0 Å². The summed E-state index contributed by atoms with van der Waals surface area (Å²) in [5.41, 5.74) is 11.0. The first kappa shape index (κ1) is 28.6. The fraction of sp³-hybridized carbons (Fsp3) is 0. The standard InChI is InChI=1S/C45H29N3O/c1-4-12-30(13-5-1)33-20-24-35(25-21-33)43-46-44(36-26-22-34(23-27-36)31-14-6-2-7-15-31)48-45(47-43)40-29-37(32-16-8-3-9-17-32)28-39-38-18-10-11-19-41(38)49-42(39)40/h1-29H. The highest BCUT2D eigenvalue weighted by molar-refractivity contribution is 6.11. The topological polar surface area (TPSA) is 51.8 Å². The van der Waals surface area contributed by atoms with Gasteiger partial charge in [0.25, 0.3) is 0 Å². The molecule has 0 aliphatic carbocycles. The zero-order valence-corrected chi connectivity index (χ0v) is 26.5. The van der Waals surface area contributed by atoms with Crippen molar-refractivity contribution in [1.29, 1.82) is 0 Å². The number of nitrogens with zero attached hydrogens (tertiary/aromatic N) is 3. The Labute approximate surface area is 284 Å². The summed E-state index contributed by atoms with van der Waals surface area (Å²) < 4.78 is 6.55. The van der Waals surface area contributed by atoms with E-state index in [9.17, 15) is 0 Å². The van der Waals surface area contributed by atoms with Crippen molar-refractivity contribution in [3.63, 3.8) is 0 Å². The predicted octanol–water partition coefficient (Wildman–Crippen LogP) is 11.8. The number of rotatable bonds is 6. The second kappa shape index (κ2) is 12.2. The van der Waals surface area contributed by atoms with Crippen LogP contribution in [0.4, 0.5) is 0 Å². The molecule has 0 bridgehead atoms. The Morgan fingerprint density at radius 2 is 0.714 bits per heavy atom. The molecular formula is C45H29N3O. The summed E-state index contributed by atoms with van der Waals surface area (Å²) in [4.78, 5) is 15.3. The molecule has 9 rings (SSSR count). The van der Waals surface area contributed by atoms with E-state index < -0.39 is 0 Å². The molecule has 0 N–H and O–H groups in total. The highest BCUT2D eigenvalue weighted by Crippen LogP contribution is 2.39. The maximum atomic E-state index is 6.55. The van der Waals surface area contributed by atoms with E-state index in [2.05, 4.69) is 140 Å². The summed E-state index contributed by atoms with van der Waals surface area (Å²) in [7, 11) is 0. The van der Waals surface area contributed by atoms with Crippen molar-refractivity contribution >= 4 is 21.9 Å². The molecule has 0 fully saturated rings. The summed E-state index contributed by atoms with van der Waals surface area (Å²) in [6.07, 6.45) is 0. The lowest BCUT2D eigenvalue weighted by Crippen LogP contribution is -2.00. The van der Waals surface area contributed by atoms with Crippen molar-refractivity contribution in [2.75, 3.05) is 0 Å². The summed E-state index contributed by atoms with van der Waals surface area (Å²) in [5.74, 6) is 1.75. The number of para-hydroxylation sites is 1. The normalized spacial score (nSPS) is 11.3. The van der Waals surface area contributed by atoms with Gasteiger partial charge in [0, 0.05) is 21.9 Å². The van der Waals surface area contributed by atoms with E-state index in [4.69, 9.17) is 19.4 Å². The maximum absolute atomic E-state index is 6.55. The molecule has 0 amide bonds. The number of benzene rings is 7. The minimum absolute atomic E-state index is 0.557. The fourth-order valence-electron chi connectivity index (χ4n) is 6.43. The second-order valence-corrected chi connectivity index (χ2v) is 12.1. The molecule has 2 heterocycles. The lowest BCUT2D eigenvalue weighted by molar-refractivity contribution is 0.669. The first-order valence-corrected chi connectivity index (χ1v) is 16.4. The summed E-state index contributed by atoms with van der Waals surface area (Å²) in [6.45, 7) is 0. The van der Waals surface area contributed by atoms with Crippen molar-refractivity contribution in [3.05, 3.63) is 176 Å². The third kappa shape index (κ3) is 5.45. The highest BCUT2D eigenvalue weighted by Gasteiger charge is 2.20. The molecule has 0 atom stereocenters. The SMILES string of the molecule is c1ccc(-c2ccc(-c3nc(-c4ccc(-c5ccccc5)cc4)nc(-c4cc(-c5ccccc5)cc5c4oc4ccccc45)n3)cc2)cc1. The summed E-state index contributed by atoms with van der Waals surface area (Å²) in [6, 6.07) is 60.5. The van der Waals surface area contributed by atoms with Crippen molar-refractivity contribution in [1.82, 2.24) is 15.0 Å². The zero-order valence-electron chi connectivity index (χ0n) is 26.5. The number of aromatic nitrogens is 3. The minimum Gasteiger partial charge on any atom is -0.455 e. The van der Waals surface area contributed by atoms with Gasteiger partial charge in [0.05, 0.1) is 5.56 Å². The quantitative estimate of drug-likeness (QED) is 0.184. The number of hydrogen-bond donors (Lipinski definition) is 0. The van der Waals surface area contributed by atoms with Crippen LogP contribution >= 0.6 is 0 Å². The van der Waals surface area contributed by atoms with E-state index in [1.165, 1.54) is 0 Å². The zero-order chi connectivity index (χ0) is 32.6. The van der Waals surface area contributed by atoms with Crippen LogP contribution in [0.3, 0.4) is 0 Å². The van der Waals surface area contributed by atoms with E-state index in [0.717, 1.165) is 72.0 Å². The van der Waals surface area contributed by atoms with Gasteiger partial charge in [0.2, 0.25) is 0 Å². The fourth-order valence-corrected chi connectivity index (χ4v) is 6.43. The molecule has 0 saturated carbocycles. The van der Waals surface area contributed by atoms with E-state index in [0.29, 0.717) is 17.5 Å². The third-order valence-electron chi connectivity index (χ3n) is 8.96. The van der Waals surface area contributed by atoms with Crippen molar-refractivity contribution < 1.29 is 4.42 Å². The molecule has 0 spiro atoms. The van der Waals surface area contributed by atoms with Crippen molar-refractivity contribution in [3.8, 4) is 67.5 Å². The molecule has 2 aromatic heterocycles. The van der Waals surface area contributed by atoms with Gasteiger partial charge in [0.15, 0.2) is 17.5 Å². The van der Waals surface area contributed by atoms with Gasteiger partial charge in [-0.1, -0.05) is 158 Å².